The predicted octanol–water partition coefficient (Wildman–Crippen LogP) is 8.33. The van der Waals surface area contributed by atoms with Crippen molar-refractivity contribution < 1.29 is 19.1 Å². The summed E-state index contributed by atoms with van der Waals surface area (Å²) >= 11 is 0. The number of amides is 2. The van der Waals surface area contributed by atoms with Gasteiger partial charge in [-0.1, -0.05) is 118 Å². The highest BCUT2D eigenvalue weighted by atomic mass is 16.5. The number of fused-ring (bicyclic) bond motifs is 3. The number of benzene rings is 4. The van der Waals surface area contributed by atoms with Crippen LogP contribution in [0, 0.1) is 5.92 Å². The van der Waals surface area contributed by atoms with Crippen molar-refractivity contribution in [2.24, 2.45) is 5.92 Å². The zero-order valence-electron chi connectivity index (χ0n) is 29.3. The second kappa shape index (κ2) is 19.3. The summed E-state index contributed by atoms with van der Waals surface area (Å²) in [6.45, 7) is 7.07. The average molecular weight is 662 g/mol. The molecule has 0 saturated carbocycles. The number of ketones is 1. The number of rotatable bonds is 16. The Morgan fingerprint density at radius 3 is 1.98 bits per heavy atom. The highest BCUT2D eigenvalue weighted by Gasteiger charge is 2.31. The molecule has 0 bridgehead atoms. The van der Waals surface area contributed by atoms with Crippen molar-refractivity contribution in [2.45, 2.75) is 71.3 Å². The molecule has 2 amide bonds. The quantitative estimate of drug-likeness (QED) is 0.105. The Kier molecular flexibility index (Phi) is 14.6. The van der Waals surface area contributed by atoms with Crippen molar-refractivity contribution in [3.05, 3.63) is 125 Å². The maximum Gasteiger partial charge on any atom is 0.407 e. The zero-order valence-corrected chi connectivity index (χ0v) is 29.3. The largest absolute Gasteiger partial charge is 0.449 e. The number of carbonyl (C=O) groups excluding carboxylic acids is 3. The lowest BCUT2D eigenvalue weighted by Crippen LogP contribution is -2.44. The van der Waals surface area contributed by atoms with E-state index in [0.717, 1.165) is 53.6 Å². The van der Waals surface area contributed by atoms with Gasteiger partial charge in [0.1, 0.15) is 6.61 Å². The zero-order chi connectivity index (χ0) is 35.0. The fourth-order valence-corrected chi connectivity index (χ4v) is 6.35. The SMILES string of the molecule is CC.CCc1ccc(NC(=O)[C@H](CCCCNC)CC(=O)[C@H](Cc2ccccc2)NC(=O)OCC2c3ccccc3-c3ccccc32)cc1. The van der Waals surface area contributed by atoms with Crippen LogP contribution in [0.25, 0.3) is 11.1 Å². The Morgan fingerprint density at radius 1 is 0.755 bits per heavy atom. The Morgan fingerprint density at radius 2 is 1.37 bits per heavy atom. The van der Waals surface area contributed by atoms with Crippen molar-refractivity contribution in [3.63, 3.8) is 0 Å². The van der Waals surface area contributed by atoms with Crippen LogP contribution in [0.2, 0.25) is 0 Å². The van der Waals surface area contributed by atoms with Crippen molar-refractivity contribution in [1.29, 1.82) is 0 Å². The van der Waals surface area contributed by atoms with Crippen molar-refractivity contribution in [3.8, 4) is 11.1 Å². The molecule has 4 aromatic rings. The van der Waals surface area contributed by atoms with Crippen LogP contribution in [0.1, 0.15) is 74.6 Å². The third-order valence-electron chi connectivity index (χ3n) is 8.98. The number of carbonyl (C=O) groups is 3. The van der Waals surface area contributed by atoms with Crippen molar-refractivity contribution in [1.82, 2.24) is 10.6 Å². The molecule has 7 heteroatoms. The third kappa shape index (κ3) is 10.4. The normalized spacial score (nSPS) is 12.8. The van der Waals surface area contributed by atoms with E-state index in [9.17, 15) is 14.4 Å². The topological polar surface area (TPSA) is 96.5 Å². The maximum absolute atomic E-state index is 13.9. The number of unbranched alkanes of at least 4 members (excludes halogenated alkanes) is 1. The summed E-state index contributed by atoms with van der Waals surface area (Å²) in [6.07, 6.45) is 2.84. The van der Waals surface area contributed by atoms with Gasteiger partial charge in [-0.05, 0) is 84.8 Å². The number of hydrogen-bond acceptors (Lipinski definition) is 5. The van der Waals surface area contributed by atoms with E-state index >= 15 is 0 Å². The number of ether oxygens (including phenoxy) is 1. The van der Waals surface area contributed by atoms with E-state index in [1.165, 1.54) is 5.56 Å². The van der Waals surface area contributed by atoms with Crippen LogP contribution in [0.15, 0.2) is 103 Å². The number of alkyl carbamates (subject to hydrolysis) is 1. The molecule has 0 aromatic heterocycles. The Labute approximate surface area is 291 Å². The van der Waals surface area contributed by atoms with Crippen LogP contribution < -0.4 is 16.0 Å². The lowest BCUT2D eigenvalue weighted by molar-refractivity contribution is -0.127. The molecule has 0 fully saturated rings. The van der Waals surface area contributed by atoms with E-state index < -0.39 is 18.1 Å². The molecule has 2 atom stereocenters. The Bertz CT molecular complexity index is 1590. The Hall–Kier alpha value is -4.75. The first kappa shape index (κ1) is 37.1. The molecule has 3 N–H and O–H groups in total. The highest BCUT2D eigenvalue weighted by molar-refractivity contribution is 5.97. The summed E-state index contributed by atoms with van der Waals surface area (Å²) in [5.41, 5.74) is 7.34. The molecular weight excluding hydrogens is 610 g/mol. The van der Waals surface area contributed by atoms with Crippen LogP contribution in [-0.4, -0.2) is 44.0 Å². The first-order chi connectivity index (χ1) is 24.0. The van der Waals surface area contributed by atoms with E-state index in [1.807, 2.05) is 99.8 Å². The summed E-state index contributed by atoms with van der Waals surface area (Å²) in [5, 5.41) is 9.03. The Balaban J connectivity index is 0.00000265. The standard InChI is InChI=1S/C40H45N3O4.C2H6/c1-3-28-20-22-31(23-21-28)42-39(45)30(15-11-12-24-41-2)26-38(44)37(25-29-13-5-4-6-14-29)43-40(46)47-27-36-34-18-9-7-16-32(34)33-17-8-10-19-35(33)36;1-2/h4-10,13-14,16-23,30,36-37,41H,3,11-12,15,24-27H2,1-2H3,(H,42,45)(H,43,46);1-2H3/t30-,37+;/m1./s1. The van der Waals surface area contributed by atoms with E-state index in [2.05, 4.69) is 47.1 Å². The van der Waals surface area contributed by atoms with E-state index in [1.54, 1.807) is 0 Å². The lowest BCUT2D eigenvalue weighted by atomic mass is 9.90. The molecule has 0 saturated heterocycles. The molecule has 0 aliphatic heterocycles. The molecule has 1 aliphatic rings. The van der Waals surface area contributed by atoms with Crippen LogP contribution in [0.3, 0.4) is 0 Å². The molecule has 258 valence electrons. The van der Waals surface area contributed by atoms with Gasteiger partial charge in [-0.15, -0.1) is 0 Å². The summed E-state index contributed by atoms with van der Waals surface area (Å²) < 4.78 is 5.81. The molecule has 5 rings (SSSR count). The molecular formula is C42H51N3O4. The van der Waals surface area contributed by atoms with Gasteiger partial charge in [-0.3, -0.25) is 9.59 Å². The lowest BCUT2D eigenvalue weighted by Gasteiger charge is -2.22. The smallest absolute Gasteiger partial charge is 0.407 e. The second-order valence-corrected chi connectivity index (χ2v) is 12.2. The first-order valence-electron chi connectivity index (χ1n) is 17.7. The van der Waals surface area contributed by atoms with Gasteiger partial charge in [0.25, 0.3) is 0 Å². The van der Waals surface area contributed by atoms with Crippen molar-refractivity contribution in [2.75, 3.05) is 25.5 Å². The second-order valence-electron chi connectivity index (χ2n) is 12.2. The van der Waals surface area contributed by atoms with Gasteiger partial charge in [0.15, 0.2) is 5.78 Å². The number of hydrogen-bond donors (Lipinski definition) is 3. The van der Waals surface area contributed by atoms with Gasteiger partial charge in [-0.2, -0.15) is 0 Å². The molecule has 49 heavy (non-hydrogen) atoms. The molecule has 0 unspecified atom stereocenters. The average Bonchev–Trinajstić information content (AvgIpc) is 3.46. The van der Waals surface area contributed by atoms with E-state index in [-0.39, 0.29) is 30.6 Å². The minimum absolute atomic E-state index is 0.0135. The fourth-order valence-electron chi connectivity index (χ4n) is 6.35. The van der Waals surface area contributed by atoms with Gasteiger partial charge in [0, 0.05) is 23.9 Å². The maximum atomic E-state index is 13.9. The number of Topliss-reactive ketones (excluding diaryl/α,β-unsaturated/α-hetero) is 1. The van der Waals surface area contributed by atoms with E-state index in [4.69, 9.17) is 4.74 Å². The van der Waals surface area contributed by atoms with Crippen LogP contribution >= 0.6 is 0 Å². The van der Waals surface area contributed by atoms with Gasteiger partial charge < -0.3 is 20.7 Å². The molecule has 1 aliphatic carbocycles. The van der Waals surface area contributed by atoms with Crippen LogP contribution in [-0.2, 0) is 27.2 Å². The molecule has 7 nitrogen and oxygen atoms in total. The summed E-state index contributed by atoms with van der Waals surface area (Å²) in [4.78, 5) is 40.8. The number of nitrogens with one attached hydrogen (secondary N) is 3. The van der Waals surface area contributed by atoms with Gasteiger partial charge >= 0.3 is 6.09 Å². The van der Waals surface area contributed by atoms with E-state index in [0.29, 0.717) is 18.5 Å². The number of aryl methyl sites for hydroxylation is 1. The summed E-state index contributed by atoms with van der Waals surface area (Å²) in [5.74, 6) is -1.01. The summed E-state index contributed by atoms with van der Waals surface area (Å²) in [6, 6.07) is 32.9. The van der Waals surface area contributed by atoms with Gasteiger partial charge in [0.2, 0.25) is 5.91 Å². The van der Waals surface area contributed by atoms with Gasteiger partial charge in [-0.25, -0.2) is 4.79 Å². The molecule has 0 spiro atoms. The first-order valence-corrected chi connectivity index (χ1v) is 17.7. The third-order valence-corrected chi connectivity index (χ3v) is 8.98. The van der Waals surface area contributed by atoms with Gasteiger partial charge in [0.05, 0.1) is 6.04 Å². The molecule has 0 radical (unpaired) electrons. The minimum atomic E-state index is -0.843. The highest BCUT2D eigenvalue weighted by Crippen LogP contribution is 2.44. The van der Waals surface area contributed by atoms with Crippen LogP contribution in [0.5, 0.6) is 0 Å². The minimum Gasteiger partial charge on any atom is -0.449 e. The van der Waals surface area contributed by atoms with Crippen molar-refractivity contribution >= 4 is 23.5 Å². The van der Waals surface area contributed by atoms with Crippen LogP contribution in [0.4, 0.5) is 10.5 Å². The fraction of sp³-hybridized carbons (Fsp3) is 0.357. The molecule has 4 aromatic carbocycles. The summed E-state index contributed by atoms with van der Waals surface area (Å²) in [7, 11) is 1.90. The number of anilines is 1. The molecule has 0 heterocycles. The monoisotopic (exact) mass is 661 g/mol. The predicted molar refractivity (Wildman–Crippen MR) is 199 cm³/mol.